The van der Waals surface area contributed by atoms with Crippen LogP contribution in [-0.2, 0) is 13.2 Å². The van der Waals surface area contributed by atoms with Crippen molar-refractivity contribution >= 4 is 44.8 Å². The van der Waals surface area contributed by atoms with Crippen molar-refractivity contribution in [3.63, 3.8) is 0 Å². The van der Waals surface area contributed by atoms with Crippen LogP contribution in [0.25, 0.3) is 0 Å². The van der Waals surface area contributed by atoms with Crippen molar-refractivity contribution in [3.05, 3.63) is 91.4 Å². The predicted octanol–water partition coefficient (Wildman–Crippen LogP) is 7.56. The molecule has 0 saturated heterocycles. The monoisotopic (exact) mass is 463 g/mol. The average molecular weight is 465 g/mol. The molecule has 0 aliphatic heterocycles. The van der Waals surface area contributed by atoms with Gasteiger partial charge in [0.05, 0.1) is 4.47 Å². The molecule has 0 saturated carbocycles. The molecule has 0 aromatic heterocycles. The Bertz CT molecular complexity index is 959. The molecule has 0 aliphatic rings. The highest BCUT2D eigenvalue weighted by molar-refractivity contribution is 9.10. The van der Waals surface area contributed by atoms with E-state index in [9.17, 15) is 0 Å². The molecular formula is C22H20BrCl2NO. The predicted molar refractivity (Wildman–Crippen MR) is 118 cm³/mol. The van der Waals surface area contributed by atoms with Crippen LogP contribution in [0, 0.1) is 13.8 Å². The molecule has 27 heavy (non-hydrogen) atoms. The molecule has 3 aromatic rings. The second-order valence-corrected chi connectivity index (χ2v) is 8.16. The maximum absolute atomic E-state index is 6.20. The van der Waals surface area contributed by atoms with Gasteiger partial charge in [-0.25, -0.2) is 0 Å². The van der Waals surface area contributed by atoms with Gasteiger partial charge in [-0.1, -0.05) is 53.0 Å². The molecule has 1 N–H and O–H groups in total. The van der Waals surface area contributed by atoms with E-state index in [2.05, 4.69) is 65.4 Å². The van der Waals surface area contributed by atoms with Gasteiger partial charge in [-0.2, -0.15) is 0 Å². The fraction of sp³-hybridized carbons (Fsp3) is 0.182. The first-order chi connectivity index (χ1) is 12.9. The summed E-state index contributed by atoms with van der Waals surface area (Å²) in [6.07, 6.45) is 0. The molecule has 3 aromatic carbocycles. The molecular weight excluding hydrogens is 445 g/mol. The van der Waals surface area contributed by atoms with Gasteiger partial charge in [0, 0.05) is 27.8 Å². The first kappa shape index (κ1) is 20.1. The maximum atomic E-state index is 6.20. The molecule has 5 heteroatoms. The number of anilines is 1. The molecule has 0 amide bonds. The topological polar surface area (TPSA) is 21.3 Å². The van der Waals surface area contributed by atoms with Crippen LogP contribution in [0.4, 0.5) is 5.69 Å². The number of hydrogen-bond donors (Lipinski definition) is 1. The van der Waals surface area contributed by atoms with Crippen molar-refractivity contribution < 1.29 is 4.74 Å². The van der Waals surface area contributed by atoms with Crippen molar-refractivity contribution in [1.82, 2.24) is 0 Å². The van der Waals surface area contributed by atoms with Crippen molar-refractivity contribution in [2.24, 2.45) is 0 Å². The van der Waals surface area contributed by atoms with Crippen LogP contribution in [-0.4, -0.2) is 0 Å². The smallest absolute Gasteiger partial charge is 0.134 e. The van der Waals surface area contributed by atoms with Crippen molar-refractivity contribution in [1.29, 1.82) is 0 Å². The van der Waals surface area contributed by atoms with Crippen molar-refractivity contribution in [2.45, 2.75) is 27.0 Å². The van der Waals surface area contributed by atoms with Gasteiger partial charge in [0.25, 0.3) is 0 Å². The highest BCUT2D eigenvalue weighted by atomic mass is 79.9. The Hall–Kier alpha value is -1.68. The van der Waals surface area contributed by atoms with Gasteiger partial charge < -0.3 is 10.1 Å². The van der Waals surface area contributed by atoms with E-state index in [-0.39, 0.29) is 0 Å². The van der Waals surface area contributed by atoms with E-state index in [1.54, 1.807) is 6.07 Å². The number of benzene rings is 3. The fourth-order valence-electron chi connectivity index (χ4n) is 2.77. The minimum Gasteiger partial charge on any atom is -0.488 e. The van der Waals surface area contributed by atoms with Crippen LogP contribution in [0.2, 0.25) is 10.0 Å². The summed E-state index contributed by atoms with van der Waals surface area (Å²) in [5, 5.41) is 4.70. The van der Waals surface area contributed by atoms with Crippen LogP contribution < -0.4 is 10.1 Å². The first-order valence-corrected chi connectivity index (χ1v) is 10.1. The Morgan fingerprint density at radius 3 is 2.48 bits per heavy atom. The van der Waals surface area contributed by atoms with E-state index in [4.69, 9.17) is 27.9 Å². The average Bonchev–Trinajstić information content (AvgIpc) is 2.61. The molecule has 3 rings (SSSR count). The summed E-state index contributed by atoms with van der Waals surface area (Å²) in [5.41, 5.74) is 5.72. The Labute approximate surface area is 178 Å². The zero-order chi connectivity index (χ0) is 19.4. The second kappa shape index (κ2) is 9.01. The van der Waals surface area contributed by atoms with E-state index in [1.165, 1.54) is 16.7 Å². The van der Waals surface area contributed by atoms with Gasteiger partial charge in [-0.05, 0) is 71.2 Å². The quantitative estimate of drug-likeness (QED) is 0.406. The lowest BCUT2D eigenvalue weighted by atomic mass is 10.1. The molecule has 0 unspecified atom stereocenters. The lowest BCUT2D eigenvalue weighted by molar-refractivity contribution is 0.304. The van der Waals surface area contributed by atoms with Gasteiger partial charge in [0.2, 0.25) is 0 Å². The Balaban J connectivity index is 1.63. The number of nitrogens with one attached hydrogen (secondary N) is 1. The highest BCUT2D eigenvalue weighted by Crippen LogP contribution is 2.29. The standard InChI is InChI=1S/C22H20BrCl2NO/c1-14-3-7-21(15(2)9-14)26-12-16-4-8-22(19(23)10-16)27-13-17-5-6-18(24)11-20(17)25/h3-11,26H,12-13H2,1-2H3. The van der Waals surface area contributed by atoms with Gasteiger partial charge >= 0.3 is 0 Å². The summed E-state index contributed by atoms with van der Waals surface area (Å²) in [6, 6.07) is 17.9. The number of rotatable bonds is 6. The SMILES string of the molecule is Cc1ccc(NCc2ccc(OCc3ccc(Cl)cc3Cl)c(Br)c2)c(C)c1. The Morgan fingerprint density at radius 2 is 1.78 bits per heavy atom. The fourth-order valence-corrected chi connectivity index (χ4v) is 3.78. The molecule has 0 bridgehead atoms. The molecule has 2 nitrogen and oxygen atoms in total. The third-order valence-electron chi connectivity index (χ3n) is 4.26. The van der Waals surface area contributed by atoms with E-state index >= 15 is 0 Å². The minimum absolute atomic E-state index is 0.384. The largest absolute Gasteiger partial charge is 0.488 e. The molecule has 0 heterocycles. The highest BCUT2D eigenvalue weighted by Gasteiger charge is 2.07. The Kier molecular flexibility index (Phi) is 6.69. The van der Waals surface area contributed by atoms with E-state index in [1.807, 2.05) is 18.2 Å². The summed E-state index contributed by atoms with van der Waals surface area (Å²) < 4.78 is 6.81. The third kappa shape index (κ3) is 5.41. The summed E-state index contributed by atoms with van der Waals surface area (Å²) in [4.78, 5) is 0. The normalized spacial score (nSPS) is 10.7. The summed E-state index contributed by atoms with van der Waals surface area (Å²) in [7, 11) is 0. The number of aryl methyl sites for hydroxylation is 2. The van der Waals surface area contributed by atoms with Crippen LogP contribution in [0.3, 0.4) is 0 Å². The van der Waals surface area contributed by atoms with E-state index in [0.717, 1.165) is 28.0 Å². The summed E-state index contributed by atoms with van der Waals surface area (Å²) in [6.45, 7) is 5.34. The Morgan fingerprint density at radius 1 is 0.963 bits per heavy atom. The molecule has 0 atom stereocenters. The van der Waals surface area contributed by atoms with Crippen molar-refractivity contribution in [2.75, 3.05) is 5.32 Å². The van der Waals surface area contributed by atoms with Crippen LogP contribution in [0.15, 0.2) is 59.1 Å². The second-order valence-electron chi connectivity index (χ2n) is 6.46. The molecule has 0 radical (unpaired) electrons. The lowest BCUT2D eigenvalue weighted by Crippen LogP contribution is -2.02. The minimum atomic E-state index is 0.384. The van der Waals surface area contributed by atoms with Gasteiger partial charge in [-0.3, -0.25) is 0 Å². The van der Waals surface area contributed by atoms with Crippen LogP contribution in [0.1, 0.15) is 22.3 Å². The molecule has 0 spiro atoms. The summed E-state index contributed by atoms with van der Waals surface area (Å²) in [5.74, 6) is 0.774. The molecule has 0 aliphatic carbocycles. The number of halogens is 3. The van der Waals surface area contributed by atoms with Gasteiger partial charge in [0.15, 0.2) is 0 Å². The lowest BCUT2D eigenvalue weighted by Gasteiger charge is -2.13. The van der Waals surface area contributed by atoms with Crippen LogP contribution >= 0.6 is 39.1 Å². The zero-order valence-electron chi connectivity index (χ0n) is 15.2. The van der Waals surface area contributed by atoms with Crippen LogP contribution in [0.5, 0.6) is 5.75 Å². The number of hydrogen-bond acceptors (Lipinski definition) is 2. The number of ether oxygens (including phenoxy) is 1. The van der Waals surface area contributed by atoms with Gasteiger partial charge in [-0.15, -0.1) is 0 Å². The summed E-state index contributed by atoms with van der Waals surface area (Å²) >= 11 is 15.7. The third-order valence-corrected chi connectivity index (χ3v) is 5.47. The molecule has 0 fully saturated rings. The zero-order valence-corrected chi connectivity index (χ0v) is 18.3. The maximum Gasteiger partial charge on any atom is 0.134 e. The van der Waals surface area contributed by atoms with E-state index < -0.39 is 0 Å². The van der Waals surface area contributed by atoms with Crippen molar-refractivity contribution in [3.8, 4) is 5.75 Å². The molecule has 140 valence electrons. The van der Waals surface area contributed by atoms with E-state index in [0.29, 0.717) is 16.7 Å². The first-order valence-electron chi connectivity index (χ1n) is 8.58. The van der Waals surface area contributed by atoms with Gasteiger partial charge in [0.1, 0.15) is 12.4 Å².